The van der Waals surface area contributed by atoms with E-state index < -0.39 is 5.82 Å². The second-order valence-corrected chi connectivity index (χ2v) is 9.88. The third kappa shape index (κ3) is 4.52. The largest absolute Gasteiger partial charge is 0.492 e. The third-order valence-corrected chi connectivity index (χ3v) is 6.68. The highest BCUT2D eigenvalue weighted by Gasteiger charge is 2.29. The molecule has 0 aliphatic heterocycles. The van der Waals surface area contributed by atoms with Crippen molar-refractivity contribution in [3.63, 3.8) is 0 Å². The van der Waals surface area contributed by atoms with E-state index in [1.807, 2.05) is 6.20 Å². The normalized spacial score (nSPS) is 13.9. The first-order valence-electron chi connectivity index (χ1n) is 10.9. The number of halogens is 3. The molecule has 0 bridgehead atoms. The van der Waals surface area contributed by atoms with Crippen molar-refractivity contribution in [3.8, 4) is 5.75 Å². The maximum absolute atomic E-state index is 13.6. The number of anilines is 2. The Balaban J connectivity index is 1.60. The van der Waals surface area contributed by atoms with E-state index in [2.05, 4.69) is 67.1 Å². The van der Waals surface area contributed by atoms with Gasteiger partial charge in [-0.2, -0.15) is 5.10 Å². The van der Waals surface area contributed by atoms with Crippen molar-refractivity contribution in [1.82, 2.24) is 19.7 Å². The molecule has 0 atom stereocenters. The van der Waals surface area contributed by atoms with Gasteiger partial charge in [-0.05, 0) is 79.6 Å². The lowest BCUT2D eigenvalue weighted by Crippen LogP contribution is -2.15. The fourth-order valence-corrected chi connectivity index (χ4v) is 4.72. The number of nitrogens with zero attached hydrogens (tertiary/aromatic N) is 4. The molecule has 1 N–H and O–H groups in total. The Kier molecular flexibility index (Phi) is 6.16. The summed E-state index contributed by atoms with van der Waals surface area (Å²) in [7, 11) is 4.11. The highest BCUT2D eigenvalue weighted by molar-refractivity contribution is 9.10. The number of hydrogen-bond donors (Lipinski definition) is 1. The Hall–Kier alpha value is -2.42. The summed E-state index contributed by atoms with van der Waals surface area (Å²) in [5, 5.41) is 14.0. The molecular formula is C24H24BrClFN5O. The van der Waals surface area contributed by atoms with Crippen LogP contribution in [0.5, 0.6) is 5.75 Å². The first-order valence-corrected chi connectivity index (χ1v) is 12.1. The summed E-state index contributed by atoms with van der Waals surface area (Å²) >= 11 is 9.69. The van der Waals surface area contributed by atoms with E-state index in [0.717, 1.165) is 57.8 Å². The molecule has 2 aromatic carbocycles. The minimum Gasteiger partial charge on any atom is -0.492 e. The number of fused-ring (bicyclic) bond motifs is 3. The van der Waals surface area contributed by atoms with Gasteiger partial charge in [0.15, 0.2) is 5.82 Å². The quantitative estimate of drug-likeness (QED) is 0.261. The number of rotatable bonds is 8. The molecule has 0 radical (unpaired) electrons. The zero-order valence-electron chi connectivity index (χ0n) is 18.4. The van der Waals surface area contributed by atoms with Gasteiger partial charge in [0.2, 0.25) is 0 Å². The van der Waals surface area contributed by atoms with Gasteiger partial charge in [-0.1, -0.05) is 11.6 Å². The highest BCUT2D eigenvalue weighted by Crippen LogP contribution is 2.46. The molecule has 9 heteroatoms. The van der Waals surface area contributed by atoms with Gasteiger partial charge < -0.3 is 19.5 Å². The second-order valence-electron chi connectivity index (χ2n) is 8.61. The molecule has 0 spiro atoms. The van der Waals surface area contributed by atoms with Gasteiger partial charge in [0.1, 0.15) is 11.6 Å². The highest BCUT2D eigenvalue weighted by atomic mass is 79.9. The van der Waals surface area contributed by atoms with E-state index in [1.165, 1.54) is 6.07 Å². The van der Waals surface area contributed by atoms with Crippen LogP contribution in [-0.2, 0) is 0 Å². The van der Waals surface area contributed by atoms with Crippen LogP contribution in [-0.4, -0.2) is 46.9 Å². The Bertz CT molecular complexity index is 1340. The summed E-state index contributed by atoms with van der Waals surface area (Å²) in [5.41, 5.74) is 2.76. The Labute approximate surface area is 204 Å². The van der Waals surface area contributed by atoms with Crippen LogP contribution in [0.1, 0.15) is 25.3 Å². The molecule has 2 heterocycles. The average molecular weight is 533 g/mol. The third-order valence-electron chi connectivity index (χ3n) is 5.77. The minimum absolute atomic E-state index is 0.0536. The molecule has 0 unspecified atom stereocenters. The van der Waals surface area contributed by atoms with Gasteiger partial charge in [-0.15, -0.1) is 5.10 Å². The van der Waals surface area contributed by atoms with Gasteiger partial charge in [0.05, 0.1) is 38.7 Å². The van der Waals surface area contributed by atoms with E-state index in [0.29, 0.717) is 24.2 Å². The van der Waals surface area contributed by atoms with E-state index in [1.54, 1.807) is 12.1 Å². The molecule has 0 amide bonds. The molecule has 33 heavy (non-hydrogen) atoms. The van der Waals surface area contributed by atoms with Crippen LogP contribution in [0.4, 0.5) is 15.9 Å². The predicted molar refractivity (Wildman–Crippen MR) is 134 cm³/mol. The van der Waals surface area contributed by atoms with Crippen molar-refractivity contribution < 1.29 is 9.13 Å². The standard InChI is InChI=1S/C24H24BrClFN5O/c1-31(2)8-3-9-33-22-11-16-20(12-17(22)25)32(15-5-6-15)21-13-28-30-24(23(16)21)29-14-4-7-19(27)18(26)10-14/h4,7,10-13,15H,3,5-6,8-9H2,1-2H3,(H,29,30). The summed E-state index contributed by atoms with van der Waals surface area (Å²) in [6.07, 6.45) is 5.02. The zero-order valence-corrected chi connectivity index (χ0v) is 20.7. The van der Waals surface area contributed by atoms with Crippen molar-refractivity contribution in [2.45, 2.75) is 25.3 Å². The van der Waals surface area contributed by atoms with E-state index >= 15 is 0 Å². The fraction of sp³-hybridized carbons (Fsp3) is 0.333. The van der Waals surface area contributed by atoms with Crippen LogP contribution in [0, 0.1) is 5.82 Å². The number of benzene rings is 2. The molecule has 1 fully saturated rings. The average Bonchev–Trinajstić information content (AvgIpc) is 3.56. The first kappa shape index (κ1) is 22.4. The smallest absolute Gasteiger partial charge is 0.163 e. The SMILES string of the molecule is CN(C)CCCOc1cc2c3c(Nc4ccc(F)c(Cl)c4)nncc3n(C3CC3)c2cc1Br. The molecule has 172 valence electrons. The second kappa shape index (κ2) is 9.08. The van der Waals surface area contributed by atoms with Crippen molar-refractivity contribution in [3.05, 3.63) is 51.8 Å². The molecule has 5 rings (SSSR count). The molecule has 4 aromatic rings. The molecule has 1 saturated carbocycles. The summed E-state index contributed by atoms with van der Waals surface area (Å²) in [4.78, 5) is 2.14. The number of nitrogens with one attached hydrogen (secondary N) is 1. The molecule has 1 aliphatic rings. The lowest BCUT2D eigenvalue weighted by atomic mass is 10.2. The van der Waals surface area contributed by atoms with Crippen LogP contribution >= 0.6 is 27.5 Å². The maximum atomic E-state index is 13.6. The summed E-state index contributed by atoms with van der Waals surface area (Å²) in [5.74, 6) is 0.932. The molecule has 2 aromatic heterocycles. The molecule has 1 aliphatic carbocycles. The van der Waals surface area contributed by atoms with Crippen molar-refractivity contribution >= 4 is 60.8 Å². The first-order chi connectivity index (χ1) is 15.9. The van der Waals surface area contributed by atoms with E-state index in [9.17, 15) is 4.39 Å². The fourth-order valence-electron chi connectivity index (χ4n) is 4.10. The van der Waals surface area contributed by atoms with Gasteiger partial charge in [-0.25, -0.2) is 4.39 Å². The Morgan fingerprint density at radius 3 is 2.79 bits per heavy atom. The predicted octanol–water partition coefficient (Wildman–Crippen LogP) is 6.55. The van der Waals surface area contributed by atoms with Crippen LogP contribution in [0.3, 0.4) is 0 Å². The Morgan fingerprint density at radius 2 is 2.06 bits per heavy atom. The van der Waals surface area contributed by atoms with Gasteiger partial charge in [0.25, 0.3) is 0 Å². The lowest BCUT2D eigenvalue weighted by Gasteiger charge is -2.12. The van der Waals surface area contributed by atoms with Crippen molar-refractivity contribution in [2.24, 2.45) is 0 Å². The lowest BCUT2D eigenvalue weighted by molar-refractivity contribution is 0.280. The number of hydrogen-bond acceptors (Lipinski definition) is 5. The topological polar surface area (TPSA) is 55.2 Å². The van der Waals surface area contributed by atoms with Crippen LogP contribution < -0.4 is 10.1 Å². The minimum atomic E-state index is -0.460. The van der Waals surface area contributed by atoms with Crippen LogP contribution in [0.15, 0.2) is 41.0 Å². The van der Waals surface area contributed by atoms with Crippen LogP contribution in [0.2, 0.25) is 5.02 Å². The maximum Gasteiger partial charge on any atom is 0.163 e. The summed E-state index contributed by atoms with van der Waals surface area (Å²) in [6, 6.07) is 9.16. The molecule has 6 nitrogen and oxygen atoms in total. The molecular weight excluding hydrogens is 509 g/mol. The molecule has 0 saturated heterocycles. The van der Waals surface area contributed by atoms with E-state index in [4.69, 9.17) is 16.3 Å². The van der Waals surface area contributed by atoms with Gasteiger partial charge in [0, 0.05) is 23.7 Å². The summed E-state index contributed by atoms with van der Waals surface area (Å²) in [6.45, 7) is 1.59. The van der Waals surface area contributed by atoms with Crippen molar-refractivity contribution in [1.29, 1.82) is 0 Å². The van der Waals surface area contributed by atoms with Gasteiger partial charge in [-0.3, -0.25) is 0 Å². The van der Waals surface area contributed by atoms with Gasteiger partial charge >= 0.3 is 0 Å². The van der Waals surface area contributed by atoms with Crippen LogP contribution in [0.25, 0.3) is 21.8 Å². The monoisotopic (exact) mass is 531 g/mol. The number of aromatic nitrogens is 3. The van der Waals surface area contributed by atoms with Crippen molar-refractivity contribution in [2.75, 3.05) is 32.6 Å². The summed E-state index contributed by atoms with van der Waals surface area (Å²) < 4.78 is 23.0. The number of ether oxygens (including phenoxy) is 1. The zero-order chi connectivity index (χ0) is 23.1. The van der Waals surface area contributed by atoms with E-state index in [-0.39, 0.29) is 5.02 Å². The Morgan fingerprint density at radius 1 is 1.24 bits per heavy atom.